The lowest BCUT2D eigenvalue weighted by molar-refractivity contribution is -0.144. The number of hydrogen-bond acceptors (Lipinski definition) is 5. The van der Waals surface area contributed by atoms with E-state index >= 15 is 0 Å². The van der Waals surface area contributed by atoms with Crippen LogP contribution in [0.15, 0.2) is 0 Å². The molecule has 1 amide bonds. The van der Waals surface area contributed by atoms with Gasteiger partial charge in [0.2, 0.25) is 0 Å². The number of halogens is 1. The Kier molecular flexibility index (Phi) is 7.01. The summed E-state index contributed by atoms with van der Waals surface area (Å²) in [4.78, 5) is 24.9. The lowest BCUT2D eigenvalue weighted by Crippen LogP contribution is -2.49. The van der Waals surface area contributed by atoms with Crippen molar-refractivity contribution in [3.8, 4) is 0 Å². The highest BCUT2D eigenvalue weighted by atomic mass is 35.5. The molecule has 0 aliphatic heterocycles. The molecule has 1 atom stereocenters. The summed E-state index contributed by atoms with van der Waals surface area (Å²) < 4.78 is 9.73. The number of nitrogens with zero attached hydrogens (tertiary/aromatic N) is 1. The zero-order chi connectivity index (χ0) is 14.3. The molecule has 0 aromatic heterocycles. The molecule has 0 unspecified atom stereocenters. The molecule has 6 nitrogen and oxygen atoms in total. The minimum Gasteiger partial charge on any atom is -0.448 e. The number of hydrogen-bond donors (Lipinski definition) is 1. The van der Waals surface area contributed by atoms with E-state index in [9.17, 15) is 9.59 Å². The second-order valence-electron chi connectivity index (χ2n) is 5.03. The van der Waals surface area contributed by atoms with Crippen molar-refractivity contribution in [3.63, 3.8) is 0 Å². The van der Waals surface area contributed by atoms with Gasteiger partial charge in [0, 0.05) is 6.54 Å². The van der Waals surface area contributed by atoms with Crippen LogP contribution in [0.1, 0.15) is 20.8 Å². The molecule has 0 radical (unpaired) electrons. The Morgan fingerprint density at radius 3 is 2.28 bits per heavy atom. The van der Waals surface area contributed by atoms with Crippen LogP contribution in [-0.2, 0) is 14.3 Å². The van der Waals surface area contributed by atoms with Crippen molar-refractivity contribution in [2.24, 2.45) is 0 Å². The summed E-state index contributed by atoms with van der Waals surface area (Å²) in [6.07, 6.45) is -0.666. The maximum atomic E-state index is 11.6. The Morgan fingerprint density at radius 2 is 1.89 bits per heavy atom. The highest BCUT2D eigenvalue weighted by Crippen LogP contribution is 2.07. The molecule has 0 saturated carbocycles. The van der Waals surface area contributed by atoms with Gasteiger partial charge < -0.3 is 19.7 Å². The van der Waals surface area contributed by atoms with E-state index in [2.05, 4.69) is 10.1 Å². The number of alkyl halides is 1. The number of esters is 1. The van der Waals surface area contributed by atoms with Gasteiger partial charge in [0.15, 0.2) is 6.07 Å². The molecular weight excluding hydrogens is 260 g/mol. The van der Waals surface area contributed by atoms with Crippen molar-refractivity contribution >= 4 is 23.7 Å². The van der Waals surface area contributed by atoms with Gasteiger partial charge >= 0.3 is 12.1 Å². The van der Waals surface area contributed by atoms with E-state index in [0.717, 1.165) is 0 Å². The molecule has 1 N–H and O–H groups in total. The van der Waals surface area contributed by atoms with E-state index in [4.69, 9.17) is 16.3 Å². The Bertz CT molecular complexity index is 289. The second-order valence-corrected chi connectivity index (χ2v) is 5.25. The standard InChI is InChI=1S/C11H21ClN2O4/c1-11(2,3)18-10(16)13-8(6-14(4)5)9(15)17-7-12/h8H,6-7H2,1-5H3,(H,13,16)/t8-/m0/s1. The molecule has 0 aromatic carbocycles. The average Bonchev–Trinajstić information content (AvgIpc) is 2.13. The van der Waals surface area contributed by atoms with Gasteiger partial charge in [0.1, 0.15) is 11.6 Å². The monoisotopic (exact) mass is 280 g/mol. The van der Waals surface area contributed by atoms with Crippen LogP contribution in [-0.4, -0.2) is 55.3 Å². The number of likely N-dealkylation sites (N-methyl/N-ethyl adjacent to an activating group) is 1. The molecule has 0 spiro atoms. The fourth-order valence-electron chi connectivity index (χ4n) is 1.15. The minimum atomic E-state index is -0.811. The molecule has 0 rings (SSSR count). The van der Waals surface area contributed by atoms with E-state index in [1.54, 1.807) is 39.8 Å². The number of ether oxygens (including phenoxy) is 2. The Labute approximate surface area is 113 Å². The average molecular weight is 281 g/mol. The number of alkyl carbamates (subject to hydrolysis) is 1. The molecule has 0 saturated heterocycles. The predicted molar refractivity (Wildman–Crippen MR) is 68.5 cm³/mol. The van der Waals surface area contributed by atoms with Gasteiger partial charge in [0.25, 0.3) is 0 Å². The first-order valence-corrected chi connectivity index (χ1v) is 6.06. The van der Waals surface area contributed by atoms with Crippen molar-refractivity contribution in [1.82, 2.24) is 10.2 Å². The summed E-state index contributed by atoms with van der Waals surface area (Å²) >= 11 is 5.32. The maximum Gasteiger partial charge on any atom is 0.408 e. The largest absolute Gasteiger partial charge is 0.448 e. The third kappa shape index (κ3) is 8.14. The van der Waals surface area contributed by atoms with Crippen LogP contribution in [0.3, 0.4) is 0 Å². The van der Waals surface area contributed by atoms with Gasteiger partial charge in [-0.1, -0.05) is 11.6 Å². The van der Waals surface area contributed by atoms with E-state index in [-0.39, 0.29) is 6.07 Å². The molecule has 0 aromatic rings. The molecule has 0 fully saturated rings. The Morgan fingerprint density at radius 1 is 1.33 bits per heavy atom. The maximum absolute atomic E-state index is 11.6. The van der Waals surface area contributed by atoms with Crippen molar-refractivity contribution in [1.29, 1.82) is 0 Å². The van der Waals surface area contributed by atoms with Gasteiger partial charge in [-0.15, -0.1) is 0 Å². The van der Waals surface area contributed by atoms with Crippen molar-refractivity contribution in [2.75, 3.05) is 26.7 Å². The summed E-state index contributed by atoms with van der Waals surface area (Å²) in [6.45, 7) is 5.52. The number of carbonyl (C=O) groups is 2. The van der Waals surface area contributed by atoms with Gasteiger partial charge in [-0.25, -0.2) is 9.59 Å². The van der Waals surface area contributed by atoms with Gasteiger partial charge in [0.05, 0.1) is 0 Å². The van der Waals surface area contributed by atoms with E-state index < -0.39 is 23.7 Å². The SMILES string of the molecule is CN(C)C[C@H](NC(=O)OC(C)(C)C)C(=O)OCCl. The topological polar surface area (TPSA) is 67.9 Å². The molecule has 106 valence electrons. The molecular formula is C11H21ClN2O4. The number of rotatable bonds is 5. The summed E-state index contributed by atoms with van der Waals surface area (Å²) in [6, 6.07) is -1.06. The number of amides is 1. The van der Waals surface area contributed by atoms with E-state index in [0.29, 0.717) is 6.54 Å². The fraction of sp³-hybridized carbons (Fsp3) is 0.818. The zero-order valence-electron chi connectivity index (χ0n) is 11.4. The first-order chi connectivity index (χ1) is 8.15. The first-order valence-electron chi connectivity index (χ1n) is 5.52. The minimum absolute atomic E-state index is 0.251. The first kappa shape index (κ1) is 17.0. The fourth-order valence-corrected chi connectivity index (χ4v) is 1.26. The molecule has 0 heterocycles. The van der Waals surface area contributed by atoms with Gasteiger partial charge in [-0.3, -0.25) is 0 Å². The van der Waals surface area contributed by atoms with Crippen LogP contribution in [0, 0.1) is 0 Å². The number of carbonyl (C=O) groups excluding carboxylic acids is 2. The molecule has 0 aliphatic carbocycles. The zero-order valence-corrected chi connectivity index (χ0v) is 12.2. The van der Waals surface area contributed by atoms with Crippen LogP contribution in [0.5, 0.6) is 0 Å². The van der Waals surface area contributed by atoms with Crippen molar-refractivity contribution in [3.05, 3.63) is 0 Å². The summed E-state index contributed by atoms with van der Waals surface area (Å²) in [7, 11) is 3.55. The van der Waals surface area contributed by atoms with Crippen LogP contribution in [0.25, 0.3) is 0 Å². The van der Waals surface area contributed by atoms with Gasteiger partial charge in [-0.05, 0) is 34.9 Å². The quantitative estimate of drug-likeness (QED) is 0.605. The third-order valence-electron chi connectivity index (χ3n) is 1.72. The third-order valence-corrected chi connectivity index (χ3v) is 1.83. The van der Waals surface area contributed by atoms with Crippen LogP contribution in [0.4, 0.5) is 4.79 Å². The number of nitrogens with one attached hydrogen (secondary N) is 1. The summed E-state index contributed by atoms with van der Waals surface area (Å²) in [5.41, 5.74) is -0.622. The highest BCUT2D eigenvalue weighted by Gasteiger charge is 2.25. The molecule has 0 bridgehead atoms. The Hall–Kier alpha value is -1.01. The normalized spacial score (nSPS) is 13.1. The summed E-state index contributed by atoms with van der Waals surface area (Å²) in [5.74, 6) is -0.593. The van der Waals surface area contributed by atoms with E-state index in [1.807, 2.05) is 0 Å². The van der Waals surface area contributed by atoms with E-state index in [1.165, 1.54) is 0 Å². The smallest absolute Gasteiger partial charge is 0.408 e. The van der Waals surface area contributed by atoms with Crippen molar-refractivity contribution < 1.29 is 19.1 Å². The van der Waals surface area contributed by atoms with Crippen molar-refractivity contribution in [2.45, 2.75) is 32.4 Å². The second kappa shape index (κ2) is 7.43. The van der Waals surface area contributed by atoms with Crippen LogP contribution < -0.4 is 5.32 Å². The highest BCUT2D eigenvalue weighted by molar-refractivity contribution is 6.17. The lowest BCUT2D eigenvalue weighted by atomic mass is 10.2. The predicted octanol–water partition coefficient (Wildman–Crippen LogP) is 1.18. The molecule has 0 aliphatic rings. The molecule has 7 heteroatoms. The summed E-state index contributed by atoms with van der Waals surface area (Å²) in [5, 5.41) is 2.45. The van der Waals surface area contributed by atoms with Gasteiger partial charge in [-0.2, -0.15) is 0 Å². The lowest BCUT2D eigenvalue weighted by Gasteiger charge is -2.24. The van der Waals surface area contributed by atoms with Crippen LogP contribution >= 0.6 is 11.6 Å². The van der Waals surface area contributed by atoms with Crippen LogP contribution in [0.2, 0.25) is 0 Å². The molecule has 18 heavy (non-hydrogen) atoms. The Balaban J connectivity index is 4.49.